The number of halogens is 2. The molecule has 0 bridgehead atoms. The number of fused-ring (bicyclic) bond motifs is 1. The highest BCUT2D eigenvalue weighted by Gasteiger charge is 2.27. The molecule has 1 aromatic heterocycles. The Kier molecular flexibility index (Phi) is 4.18. The monoisotopic (exact) mass is 355 g/mol. The van der Waals surface area contributed by atoms with Crippen LogP contribution in [0.15, 0.2) is 32.5 Å². The van der Waals surface area contributed by atoms with Crippen LogP contribution in [0.3, 0.4) is 0 Å². The molecule has 1 aliphatic heterocycles. The Labute approximate surface area is 143 Å². The normalized spacial score (nSPS) is 12.0. The fourth-order valence-electron chi connectivity index (χ4n) is 1.90. The Hall–Kier alpha value is -2.93. The first-order valence-electron chi connectivity index (χ1n) is 6.25. The number of aromatic nitrogens is 2. The second kappa shape index (κ2) is 6.29. The predicted molar refractivity (Wildman–Crippen MR) is 82.1 cm³/mol. The van der Waals surface area contributed by atoms with E-state index in [1.807, 2.05) is 6.07 Å². The van der Waals surface area contributed by atoms with E-state index in [4.69, 9.17) is 10.5 Å². The zero-order valence-corrected chi connectivity index (χ0v) is 13.2. The van der Waals surface area contributed by atoms with Gasteiger partial charge in [0.1, 0.15) is 39.9 Å². The molecule has 0 saturated heterocycles. The molecule has 0 unspecified atom stereocenters. The van der Waals surface area contributed by atoms with Gasteiger partial charge in [-0.15, -0.1) is 0 Å². The van der Waals surface area contributed by atoms with Crippen molar-refractivity contribution in [3.8, 4) is 18.2 Å². The molecule has 0 aliphatic carbocycles. The van der Waals surface area contributed by atoms with Crippen LogP contribution < -0.4 is 0 Å². The van der Waals surface area contributed by atoms with Gasteiger partial charge in [0.2, 0.25) is 0 Å². The van der Waals surface area contributed by atoms with Crippen LogP contribution in [0.5, 0.6) is 0 Å². The number of thioether (sulfide) groups is 2. The van der Waals surface area contributed by atoms with Gasteiger partial charge in [0.05, 0.1) is 9.81 Å². The Morgan fingerprint density at radius 2 is 1.54 bits per heavy atom. The number of nitrogens with zero attached hydrogens (tertiary/aromatic N) is 5. The molecule has 114 valence electrons. The summed E-state index contributed by atoms with van der Waals surface area (Å²) in [4.78, 5) is 8.08. The maximum absolute atomic E-state index is 13.9. The summed E-state index contributed by atoms with van der Waals surface area (Å²) in [5.74, 6) is -1.60. The van der Waals surface area contributed by atoms with E-state index in [0.29, 0.717) is 20.4 Å². The van der Waals surface area contributed by atoms with Crippen LogP contribution in [0.2, 0.25) is 0 Å². The largest absolute Gasteiger partial charge is 0.224 e. The Balaban J connectivity index is 2.10. The van der Waals surface area contributed by atoms with Crippen molar-refractivity contribution < 1.29 is 8.78 Å². The minimum Gasteiger partial charge on any atom is -0.224 e. The number of hydrogen-bond donors (Lipinski definition) is 0. The van der Waals surface area contributed by atoms with Crippen molar-refractivity contribution in [2.24, 2.45) is 0 Å². The molecule has 0 saturated carbocycles. The van der Waals surface area contributed by atoms with E-state index < -0.39 is 11.6 Å². The van der Waals surface area contributed by atoms with Gasteiger partial charge >= 0.3 is 0 Å². The molecule has 9 heteroatoms. The van der Waals surface area contributed by atoms with Gasteiger partial charge in [0.25, 0.3) is 0 Å². The van der Waals surface area contributed by atoms with Crippen molar-refractivity contribution in [3.05, 3.63) is 51.0 Å². The van der Waals surface area contributed by atoms with Gasteiger partial charge in [-0.25, -0.2) is 18.7 Å². The molecule has 0 amide bonds. The summed E-state index contributed by atoms with van der Waals surface area (Å²) >= 11 is 2.10. The molecule has 0 radical (unpaired) electrons. The van der Waals surface area contributed by atoms with Gasteiger partial charge in [0, 0.05) is 11.6 Å². The second-order valence-electron chi connectivity index (χ2n) is 4.36. The van der Waals surface area contributed by atoms with E-state index in [2.05, 4.69) is 9.97 Å². The zero-order valence-electron chi connectivity index (χ0n) is 11.5. The fraction of sp³-hybridized carbons (Fsp3) is 0. The zero-order chi connectivity index (χ0) is 17.3. The number of nitriles is 3. The van der Waals surface area contributed by atoms with Crippen LogP contribution in [-0.2, 0) is 0 Å². The van der Waals surface area contributed by atoms with Crippen molar-refractivity contribution >= 4 is 29.1 Å². The maximum Gasteiger partial charge on any atom is 0.178 e. The standard InChI is InChI=1S/C15H3F2N5S2/c16-7-1-2-8(10(17)3-7)9(4-18)15-23-13-14(24-15)22-12(6-20)11(5-19)21-13/h1-3H. The van der Waals surface area contributed by atoms with Gasteiger partial charge in [0.15, 0.2) is 11.4 Å². The lowest BCUT2D eigenvalue weighted by Crippen LogP contribution is -1.96. The summed E-state index contributed by atoms with van der Waals surface area (Å²) in [7, 11) is 0. The summed E-state index contributed by atoms with van der Waals surface area (Å²) in [6, 6.07) is 8.40. The summed E-state index contributed by atoms with van der Waals surface area (Å²) in [6.07, 6.45) is 0. The number of allylic oxidation sites excluding steroid dienone is 1. The third kappa shape index (κ3) is 2.69. The minimum absolute atomic E-state index is 0.0133. The molecule has 24 heavy (non-hydrogen) atoms. The SMILES string of the molecule is N#CC(=C1Sc2nc(C#N)c(C#N)nc2S1)c1ccc(F)cc1F. The van der Waals surface area contributed by atoms with Crippen molar-refractivity contribution in [3.63, 3.8) is 0 Å². The Morgan fingerprint density at radius 3 is 2.00 bits per heavy atom. The van der Waals surface area contributed by atoms with Gasteiger partial charge < -0.3 is 0 Å². The first kappa shape index (κ1) is 15.9. The van der Waals surface area contributed by atoms with E-state index in [9.17, 15) is 14.0 Å². The first-order valence-corrected chi connectivity index (χ1v) is 7.88. The molecule has 0 fully saturated rings. The molecule has 0 N–H and O–H groups in total. The average Bonchev–Trinajstić information content (AvgIpc) is 2.98. The quantitative estimate of drug-likeness (QED) is 0.721. The van der Waals surface area contributed by atoms with E-state index >= 15 is 0 Å². The molecule has 1 aliphatic rings. The van der Waals surface area contributed by atoms with Crippen LogP contribution in [-0.4, -0.2) is 9.97 Å². The van der Waals surface area contributed by atoms with Crippen molar-refractivity contribution in [2.45, 2.75) is 10.1 Å². The van der Waals surface area contributed by atoms with Crippen molar-refractivity contribution in [1.82, 2.24) is 9.97 Å². The topological polar surface area (TPSA) is 97.1 Å². The molecule has 2 heterocycles. The summed E-state index contributed by atoms with van der Waals surface area (Å²) in [6.45, 7) is 0. The molecule has 5 nitrogen and oxygen atoms in total. The number of benzene rings is 1. The Bertz CT molecular complexity index is 983. The molecule has 3 rings (SSSR count). The molecular formula is C15H3F2N5S2. The van der Waals surface area contributed by atoms with Gasteiger partial charge in [-0.3, -0.25) is 0 Å². The lowest BCUT2D eigenvalue weighted by Gasteiger charge is -2.03. The van der Waals surface area contributed by atoms with E-state index in [1.54, 1.807) is 12.1 Å². The highest BCUT2D eigenvalue weighted by Crippen LogP contribution is 2.52. The Morgan fingerprint density at radius 1 is 0.958 bits per heavy atom. The molecule has 0 spiro atoms. The maximum atomic E-state index is 13.9. The van der Waals surface area contributed by atoms with Crippen molar-refractivity contribution in [1.29, 1.82) is 15.8 Å². The van der Waals surface area contributed by atoms with Gasteiger partial charge in [-0.05, 0) is 12.1 Å². The van der Waals surface area contributed by atoms with Gasteiger partial charge in [-0.2, -0.15) is 15.8 Å². The van der Waals surface area contributed by atoms with E-state index in [1.165, 1.54) is 6.07 Å². The van der Waals surface area contributed by atoms with E-state index in [0.717, 1.165) is 29.6 Å². The average molecular weight is 355 g/mol. The second-order valence-corrected chi connectivity index (χ2v) is 6.61. The molecular weight excluding hydrogens is 352 g/mol. The molecule has 2 aromatic rings. The van der Waals surface area contributed by atoms with Crippen LogP contribution in [0, 0.1) is 45.6 Å². The summed E-state index contributed by atoms with van der Waals surface area (Å²) in [5, 5.41) is 28.0. The number of rotatable bonds is 1. The lowest BCUT2D eigenvalue weighted by atomic mass is 10.1. The summed E-state index contributed by atoms with van der Waals surface area (Å²) in [5.41, 5.74) is -0.254. The number of hydrogen-bond acceptors (Lipinski definition) is 7. The first-order chi connectivity index (χ1) is 11.6. The van der Waals surface area contributed by atoms with Crippen LogP contribution in [0.4, 0.5) is 8.78 Å². The third-order valence-corrected chi connectivity index (χ3v) is 5.31. The van der Waals surface area contributed by atoms with E-state index in [-0.39, 0.29) is 22.5 Å². The van der Waals surface area contributed by atoms with Crippen LogP contribution in [0.1, 0.15) is 17.0 Å². The minimum atomic E-state index is -0.854. The van der Waals surface area contributed by atoms with Crippen LogP contribution >= 0.6 is 23.5 Å². The fourth-order valence-corrected chi connectivity index (χ4v) is 4.20. The molecule has 1 aromatic carbocycles. The molecule has 0 atom stereocenters. The smallest absolute Gasteiger partial charge is 0.178 e. The highest BCUT2D eigenvalue weighted by molar-refractivity contribution is 8.24. The van der Waals surface area contributed by atoms with Gasteiger partial charge in [-0.1, -0.05) is 23.5 Å². The van der Waals surface area contributed by atoms with Crippen molar-refractivity contribution in [2.75, 3.05) is 0 Å². The lowest BCUT2D eigenvalue weighted by molar-refractivity contribution is 0.581. The third-order valence-electron chi connectivity index (χ3n) is 2.94. The predicted octanol–water partition coefficient (Wildman–Crippen LogP) is 3.59. The van der Waals surface area contributed by atoms with Crippen LogP contribution in [0.25, 0.3) is 5.57 Å². The highest BCUT2D eigenvalue weighted by atomic mass is 32.2. The summed E-state index contributed by atoms with van der Waals surface area (Å²) < 4.78 is 27.4.